The number of hydrogen-bond donors (Lipinski definition) is 2. The molecule has 0 spiro atoms. The lowest BCUT2D eigenvalue weighted by molar-refractivity contribution is -0.133. The van der Waals surface area contributed by atoms with E-state index in [0.717, 1.165) is 18.4 Å². The van der Waals surface area contributed by atoms with E-state index in [1.165, 1.54) is 11.8 Å². The Bertz CT molecular complexity index is 866. The average molecular weight is 543 g/mol. The second kappa shape index (κ2) is 12.0. The van der Waals surface area contributed by atoms with Crippen LogP contribution in [0.4, 0.5) is 0 Å². The maximum Gasteiger partial charge on any atom is 0.332 e. The molecule has 0 aromatic heterocycles. The lowest BCUT2D eigenvalue weighted by atomic mass is 10.1. The fourth-order valence-corrected chi connectivity index (χ4v) is 4.82. The standard InChI is InChI=1S/C21H21Br2NO4S/c1-14(24-20(25)16-12-29-13-17(16)21(26)27)9-18(23)19(10-22)28-11-15-7-5-3-2-4-6-8-15/h2-3,5,7-10H,1,4,6,11-13H2,(H,24,25)(H,26,27)/b3-2+,7-5-,15-8+,18-9+,19-10-. The van der Waals surface area contributed by atoms with E-state index in [1.807, 2.05) is 18.2 Å². The number of hydrogen-bond acceptors (Lipinski definition) is 4. The Hall–Kier alpha value is -1.77. The molecule has 154 valence electrons. The summed E-state index contributed by atoms with van der Waals surface area (Å²) < 4.78 is 6.44. The Morgan fingerprint density at radius 1 is 1.28 bits per heavy atom. The van der Waals surface area contributed by atoms with Crippen molar-refractivity contribution in [3.05, 3.63) is 80.7 Å². The minimum absolute atomic E-state index is 0.142. The summed E-state index contributed by atoms with van der Waals surface area (Å²) in [5.74, 6) is -0.270. The molecule has 0 fully saturated rings. The number of amides is 1. The predicted octanol–water partition coefficient (Wildman–Crippen LogP) is 5.11. The number of halogens is 2. The topological polar surface area (TPSA) is 75.6 Å². The predicted molar refractivity (Wildman–Crippen MR) is 125 cm³/mol. The molecule has 0 saturated heterocycles. The Morgan fingerprint density at radius 3 is 2.76 bits per heavy atom. The molecule has 0 unspecified atom stereocenters. The SMILES string of the molecule is C=C(/C=C(Br)\C(=C\Br)OCC1=C/CC/C=C/C=C\1)NC(=O)C1=C(C(=O)O)CSC1. The molecule has 1 heterocycles. The Morgan fingerprint density at radius 2 is 2.03 bits per heavy atom. The van der Waals surface area contributed by atoms with Crippen molar-refractivity contribution in [1.82, 2.24) is 5.32 Å². The van der Waals surface area contributed by atoms with Crippen LogP contribution in [0.5, 0.6) is 0 Å². The molecule has 0 atom stereocenters. The van der Waals surface area contributed by atoms with Crippen molar-refractivity contribution in [2.75, 3.05) is 18.1 Å². The molecule has 0 saturated carbocycles. The van der Waals surface area contributed by atoms with Crippen LogP contribution in [-0.4, -0.2) is 35.1 Å². The summed E-state index contributed by atoms with van der Waals surface area (Å²) in [6.45, 7) is 4.22. The van der Waals surface area contributed by atoms with Crippen LogP contribution in [0.15, 0.2) is 80.7 Å². The van der Waals surface area contributed by atoms with Gasteiger partial charge in [0.25, 0.3) is 5.91 Å². The van der Waals surface area contributed by atoms with E-state index in [1.54, 1.807) is 11.1 Å². The summed E-state index contributed by atoms with van der Waals surface area (Å²) in [7, 11) is 0. The molecule has 0 bridgehead atoms. The van der Waals surface area contributed by atoms with Crippen LogP contribution < -0.4 is 5.32 Å². The molecule has 0 aromatic rings. The highest BCUT2D eigenvalue weighted by atomic mass is 79.9. The number of nitrogens with one attached hydrogen (secondary N) is 1. The third-order valence-electron chi connectivity index (χ3n) is 3.99. The van der Waals surface area contributed by atoms with Crippen LogP contribution in [0.3, 0.4) is 0 Å². The van der Waals surface area contributed by atoms with Crippen LogP contribution >= 0.6 is 43.6 Å². The minimum Gasteiger partial charge on any atom is -0.487 e. The number of carboxylic acid groups (broad SMARTS) is 1. The van der Waals surface area contributed by atoms with Gasteiger partial charge in [-0.05, 0) is 40.4 Å². The van der Waals surface area contributed by atoms with Gasteiger partial charge >= 0.3 is 5.97 Å². The molecule has 2 rings (SSSR count). The number of aliphatic carboxylic acids is 1. The highest BCUT2D eigenvalue weighted by molar-refractivity contribution is 9.12. The molecular formula is C21H21Br2NO4S. The van der Waals surface area contributed by atoms with Gasteiger partial charge in [0, 0.05) is 27.8 Å². The van der Waals surface area contributed by atoms with Gasteiger partial charge in [-0.1, -0.05) is 52.9 Å². The van der Waals surface area contributed by atoms with Crippen molar-refractivity contribution in [2.45, 2.75) is 12.8 Å². The zero-order chi connectivity index (χ0) is 21.2. The van der Waals surface area contributed by atoms with Gasteiger partial charge in [-0.15, -0.1) is 0 Å². The van der Waals surface area contributed by atoms with Crippen molar-refractivity contribution in [2.24, 2.45) is 0 Å². The van der Waals surface area contributed by atoms with Crippen molar-refractivity contribution < 1.29 is 19.4 Å². The molecular weight excluding hydrogens is 522 g/mol. The fraction of sp³-hybridized carbons (Fsp3) is 0.238. The number of allylic oxidation sites excluding steroid dienone is 6. The van der Waals surface area contributed by atoms with E-state index < -0.39 is 11.9 Å². The Kier molecular flexibility index (Phi) is 9.76. The summed E-state index contributed by atoms with van der Waals surface area (Å²) >= 11 is 8.12. The first kappa shape index (κ1) is 23.5. The monoisotopic (exact) mass is 541 g/mol. The van der Waals surface area contributed by atoms with Crippen molar-refractivity contribution >= 4 is 55.5 Å². The third-order valence-corrected chi connectivity index (χ3v) is 6.01. The van der Waals surface area contributed by atoms with Gasteiger partial charge in [0.05, 0.1) is 10.1 Å². The summed E-state index contributed by atoms with van der Waals surface area (Å²) in [5.41, 5.74) is 1.81. The Labute approximate surface area is 191 Å². The molecule has 2 N–H and O–H groups in total. The summed E-state index contributed by atoms with van der Waals surface area (Å²) in [4.78, 5) is 25.2. The van der Waals surface area contributed by atoms with Crippen LogP contribution in [0.25, 0.3) is 0 Å². The zero-order valence-corrected chi connectivity index (χ0v) is 19.6. The first-order valence-corrected chi connectivity index (χ1v) is 11.6. The summed E-state index contributed by atoms with van der Waals surface area (Å²) in [6.07, 6.45) is 13.8. The average Bonchev–Trinajstić information content (AvgIpc) is 3.13. The van der Waals surface area contributed by atoms with Gasteiger partial charge in [0.2, 0.25) is 0 Å². The summed E-state index contributed by atoms with van der Waals surface area (Å²) in [6, 6.07) is 0. The first-order valence-electron chi connectivity index (χ1n) is 8.78. The van der Waals surface area contributed by atoms with Gasteiger partial charge in [0.15, 0.2) is 0 Å². The molecule has 1 aliphatic carbocycles. The molecule has 29 heavy (non-hydrogen) atoms. The van der Waals surface area contributed by atoms with E-state index in [2.05, 4.69) is 55.9 Å². The lowest BCUT2D eigenvalue weighted by Gasteiger charge is -2.12. The normalized spacial score (nSPS) is 21.5. The molecule has 0 aromatic carbocycles. The number of rotatable bonds is 8. The fourth-order valence-electron chi connectivity index (χ4n) is 2.51. The number of carboxylic acids is 1. The molecule has 8 heteroatoms. The second-order valence-electron chi connectivity index (χ2n) is 6.13. The van der Waals surface area contributed by atoms with Crippen LogP contribution in [0.1, 0.15) is 12.8 Å². The largest absolute Gasteiger partial charge is 0.487 e. The number of ether oxygens (including phenoxy) is 1. The smallest absolute Gasteiger partial charge is 0.332 e. The lowest BCUT2D eigenvalue weighted by Crippen LogP contribution is -2.25. The van der Waals surface area contributed by atoms with E-state index in [4.69, 9.17) is 4.74 Å². The van der Waals surface area contributed by atoms with Crippen molar-refractivity contribution in [3.8, 4) is 0 Å². The first-order chi connectivity index (χ1) is 13.9. The van der Waals surface area contributed by atoms with Gasteiger partial charge in [-0.3, -0.25) is 4.79 Å². The van der Waals surface area contributed by atoms with Crippen molar-refractivity contribution in [1.29, 1.82) is 0 Å². The van der Waals surface area contributed by atoms with Crippen LogP contribution in [0, 0.1) is 0 Å². The Balaban J connectivity index is 1.97. The number of thioether (sulfide) groups is 1. The number of carbonyl (C=O) groups is 2. The van der Waals surface area contributed by atoms with Crippen molar-refractivity contribution in [3.63, 3.8) is 0 Å². The molecule has 0 radical (unpaired) electrons. The van der Waals surface area contributed by atoms with Gasteiger partial charge in [-0.25, -0.2) is 4.79 Å². The van der Waals surface area contributed by atoms with Gasteiger partial charge in [-0.2, -0.15) is 11.8 Å². The molecule has 2 aliphatic rings. The van der Waals surface area contributed by atoms with Crippen LogP contribution in [-0.2, 0) is 14.3 Å². The van der Waals surface area contributed by atoms with Crippen LogP contribution in [0.2, 0.25) is 0 Å². The maximum absolute atomic E-state index is 12.4. The van der Waals surface area contributed by atoms with E-state index in [0.29, 0.717) is 34.1 Å². The summed E-state index contributed by atoms with van der Waals surface area (Å²) in [5, 5.41) is 11.8. The van der Waals surface area contributed by atoms with E-state index in [-0.39, 0.29) is 11.1 Å². The third kappa shape index (κ3) is 7.53. The molecule has 5 nitrogen and oxygen atoms in total. The molecule has 1 amide bonds. The minimum atomic E-state index is -1.06. The maximum atomic E-state index is 12.4. The van der Waals surface area contributed by atoms with E-state index >= 15 is 0 Å². The van der Waals surface area contributed by atoms with E-state index in [9.17, 15) is 14.7 Å². The highest BCUT2D eigenvalue weighted by Gasteiger charge is 2.25. The highest BCUT2D eigenvalue weighted by Crippen LogP contribution is 2.26. The molecule has 1 aliphatic heterocycles. The second-order valence-corrected chi connectivity index (χ2v) is 8.43. The van der Waals surface area contributed by atoms with Gasteiger partial charge in [0.1, 0.15) is 12.4 Å². The zero-order valence-electron chi connectivity index (χ0n) is 15.6. The quantitative estimate of drug-likeness (QED) is 0.329. The number of carbonyl (C=O) groups excluding carboxylic acids is 1. The van der Waals surface area contributed by atoms with Gasteiger partial charge < -0.3 is 15.2 Å².